The third-order valence-corrected chi connectivity index (χ3v) is 5.09. The van der Waals surface area contributed by atoms with Crippen molar-refractivity contribution in [1.29, 1.82) is 0 Å². The van der Waals surface area contributed by atoms with Gasteiger partial charge in [0.25, 0.3) is 10.1 Å². The molecule has 0 aliphatic rings. The zero-order valence-electron chi connectivity index (χ0n) is 9.86. The fourth-order valence-corrected chi connectivity index (χ4v) is 3.31. The lowest BCUT2D eigenvalue weighted by atomic mass is 10.3. The first-order chi connectivity index (χ1) is 8.74. The summed E-state index contributed by atoms with van der Waals surface area (Å²) in [4.78, 5) is -0.280. The van der Waals surface area contributed by atoms with E-state index in [-0.39, 0.29) is 34.5 Å². The van der Waals surface area contributed by atoms with E-state index in [9.17, 15) is 16.8 Å². The molecule has 107 valence electrons. The lowest BCUT2D eigenvalue weighted by Gasteiger charge is -2.05. The van der Waals surface area contributed by atoms with Crippen LogP contribution in [0, 0.1) is 0 Å². The van der Waals surface area contributed by atoms with Crippen LogP contribution in [-0.4, -0.2) is 45.3 Å². The Morgan fingerprint density at radius 1 is 1.16 bits per heavy atom. The summed E-state index contributed by atoms with van der Waals surface area (Å²) in [6.07, 6.45) is 0. The average molecular weight is 327 g/mol. The molecule has 0 heterocycles. The summed E-state index contributed by atoms with van der Waals surface area (Å²) in [5, 5.41) is 3.95. The lowest BCUT2D eigenvalue weighted by molar-refractivity contribution is 0.483. The molecule has 0 fully saturated rings. The quantitative estimate of drug-likeness (QED) is 0.590. The van der Waals surface area contributed by atoms with E-state index in [0.29, 0.717) is 0 Å². The van der Waals surface area contributed by atoms with Crippen molar-refractivity contribution in [2.24, 2.45) is 0 Å². The molecule has 6 nitrogen and oxygen atoms in total. The van der Waals surface area contributed by atoms with Crippen molar-refractivity contribution >= 4 is 37.2 Å². The van der Waals surface area contributed by atoms with Gasteiger partial charge in [0.05, 0.1) is 28.6 Å². The second kappa shape index (κ2) is 6.56. The van der Waals surface area contributed by atoms with E-state index in [1.807, 2.05) is 0 Å². The van der Waals surface area contributed by atoms with Crippen LogP contribution in [-0.2, 0) is 20.0 Å². The molecule has 1 aromatic rings. The van der Waals surface area contributed by atoms with Gasteiger partial charge < -0.3 is 0 Å². The minimum absolute atomic E-state index is 0.00809. The van der Waals surface area contributed by atoms with Crippen molar-refractivity contribution in [2.45, 2.75) is 4.90 Å². The van der Waals surface area contributed by atoms with Gasteiger partial charge in [-0.05, 0) is 18.2 Å². The second-order valence-corrected chi connectivity index (χ2v) is 7.80. The van der Waals surface area contributed by atoms with Crippen LogP contribution in [0.1, 0.15) is 0 Å². The minimum atomic E-state index is -4.28. The normalized spacial score (nSPS) is 12.3. The first kappa shape index (κ1) is 16.2. The Labute approximate surface area is 117 Å². The highest BCUT2D eigenvalue weighted by molar-refractivity contribution is 7.91. The maximum Gasteiger partial charge on any atom is 0.294 e. The van der Waals surface area contributed by atoms with Gasteiger partial charge in [-0.2, -0.15) is 8.42 Å². The Balaban J connectivity index is 2.65. The first-order valence-electron chi connectivity index (χ1n) is 5.26. The highest BCUT2D eigenvalue weighted by Crippen LogP contribution is 2.15. The number of sulfone groups is 1. The van der Waals surface area contributed by atoms with Gasteiger partial charge in [0.2, 0.25) is 0 Å². The van der Waals surface area contributed by atoms with E-state index in [0.717, 1.165) is 0 Å². The Morgan fingerprint density at radius 3 is 2.42 bits per heavy atom. The standard InChI is InChI=1S/C10H13ClNO5S2/c11-4-6-18(13,14)7-5-12-9-2-1-3-10(8-9)19(15,16)17/h1-3,8H,4-7H2,(H,15,16,17). The van der Waals surface area contributed by atoms with E-state index >= 15 is 0 Å². The van der Waals surface area contributed by atoms with Crippen LogP contribution in [0.2, 0.25) is 0 Å². The van der Waals surface area contributed by atoms with Gasteiger partial charge in [-0.15, -0.1) is 11.6 Å². The van der Waals surface area contributed by atoms with Gasteiger partial charge in [-0.3, -0.25) is 9.87 Å². The van der Waals surface area contributed by atoms with Gasteiger partial charge >= 0.3 is 0 Å². The van der Waals surface area contributed by atoms with Crippen LogP contribution in [0.3, 0.4) is 0 Å². The molecular formula is C10H13ClNO5S2. The largest absolute Gasteiger partial charge is 0.294 e. The van der Waals surface area contributed by atoms with E-state index in [4.69, 9.17) is 16.2 Å². The van der Waals surface area contributed by atoms with E-state index in [1.165, 1.54) is 24.3 Å². The average Bonchev–Trinajstić information content (AvgIpc) is 2.28. The summed E-state index contributed by atoms with van der Waals surface area (Å²) in [7, 11) is -7.52. The number of halogens is 1. The molecule has 0 aliphatic heterocycles. The monoisotopic (exact) mass is 326 g/mol. The molecule has 1 rings (SSSR count). The number of rotatable bonds is 7. The van der Waals surface area contributed by atoms with Crippen molar-refractivity contribution in [3.63, 3.8) is 0 Å². The predicted octanol–water partition coefficient (Wildman–Crippen LogP) is 0.823. The molecular weight excluding hydrogens is 314 g/mol. The molecule has 0 atom stereocenters. The molecule has 0 saturated carbocycles. The lowest BCUT2D eigenvalue weighted by Crippen LogP contribution is -2.18. The van der Waals surface area contributed by atoms with Crippen molar-refractivity contribution < 1.29 is 21.4 Å². The summed E-state index contributed by atoms with van der Waals surface area (Å²) in [5.41, 5.74) is 0.288. The second-order valence-electron chi connectivity index (χ2n) is 3.69. The van der Waals surface area contributed by atoms with Crippen LogP contribution < -0.4 is 5.32 Å². The van der Waals surface area contributed by atoms with Gasteiger partial charge in [0.1, 0.15) is 0 Å². The maximum atomic E-state index is 11.4. The number of alkyl halides is 1. The van der Waals surface area contributed by atoms with E-state index in [1.54, 1.807) is 0 Å². The molecule has 1 N–H and O–H groups in total. The molecule has 0 aliphatic carbocycles. The fourth-order valence-electron chi connectivity index (χ4n) is 1.28. The van der Waals surface area contributed by atoms with Crippen LogP contribution in [0.4, 0.5) is 5.69 Å². The molecule has 0 spiro atoms. The molecule has 1 radical (unpaired) electrons. The van der Waals surface area contributed by atoms with E-state index < -0.39 is 20.0 Å². The van der Waals surface area contributed by atoms with Gasteiger partial charge in [-0.25, -0.2) is 8.42 Å². The van der Waals surface area contributed by atoms with Crippen molar-refractivity contribution in [2.75, 3.05) is 23.9 Å². The summed E-state index contributed by atoms with van der Waals surface area (Å²) in [5.74, 6) is -0.245. The van der Waals surface area contributed by atoms with Crippen molar-refractivity contribution in [1.82, 2.24) is 5.32 Å². The number of hydrogen-bond donors (Lipinski definition) is 1. The number of benzene rings is 1. The van der Waals surface area contributed by atoms with Crippen LogP contribution in [0.15, 0.2) is 29.2 Å². The van der Waals surface area contributed by atoms with E-state index in [2.05, 4.69) is 5.32 Å². The highest BCUT2D eigenvalue weighted by atomic mass is 35.5. The predicted molar refractivity (Wildman–Crippen MR) is 72.3 cm³/mol. The molecule has 9 heteroatoms. The Bertz CT molecular complexity index is 627. The topological polar surface area (TPSA) is 103 Å². The molecule has 0 aromatic heterocycles. The number of nitrogens with zero attached hydrogens (tertiary/aromatic N) is 1. The minimum Gasteiger partial charge on any atom is -0.284 e. The van der Waals surface area contributed by atoms with Crippen molar-refractivity contribution in [3.05, 3.63) is 24.3 Å². The smallest absolute Gasteiger partial charge is 0.284 e. The van der Waals surface area contributed by atoms with Gasteiger partial charge in [0.15, 0.2) is 9.84 Å². The molecule has 0 bridgehead atoms. The molecule has 0 saturated heterocycles. The maximum absolute atomic E-state index is 11.4. The summed E-state index contributed by atoms with van der Waals surface area (Å²) >= 11 is 5.35. The third-order valence-electron chi connectivity index (χ3n) is 2.20. The fraction of sp³-hybridized carbons (Fsp3) is 0.400. The van der Waals surface area contributed by atoms with Crippen LogP contribution in [0.5, 0.6) is 0 Å². The summed E-state index contributed by atoms with van der Waals surface area (Å²) < 4.78 is 53.4. The van der Waals surface area contributed by atoms with Gasteiger partial charge in [-0.1, -0.05) is 6.07 Å². The Morgan fingerprint density at radius 2 is 1.84 bits per heavy atom. The number of hydrogen-bond acceptors (Lipinski definition) is 4. The summed E-state index contributed by atoms with van der Waals surface area (Å²) in [6.45, 7) is 0.00809. The molecule has 1 aromatic carbocycles. The zero-order valence-corrected chi connectivity index (χ0v) is 12.2. The first-order valence-corrected chi connectivity index (χ1v) is 9.06. The molecule has 0 unspecified atom stereocenters. The third kappa shape index (κ3) is 5.77. The van der Waals surface area contributed by atoms with Crippen molar-refractivity contribution in [3.8, 4) is 0 Å². The van der Waals surface area contributed by atoms with Crippen LogP contribution >= 0.6 is 11.6 Å². The highest BCUT2D eigenvalue weighted by Gasteiger charge is 2.12. The SMILES string of the molecule is O=S(=O)(CCCl)CC[N]c1cccc(S(=O)(=O)O)c1. The van der Waals surface area contributed by atoms with Gasteiger partial charge in [0, 0.05) is 5.88 Å². The molecule has 19 heavy (non-hydrogen) atoms. The van der Waals surface area contributed by atoms with Crippen LogP contribution in [0.25, 0.3) is 0 Å². The Hall–Kier alpha value is -0.830. The zero-order chi connectivity index (χ0) is 14.5. The molecule has 0 amide bonds. The summed E-state index contributed by atoms with van der Waals surface area (Å²) in [6, 6.07) is 5.32. The Kier molecular flexibility index (Phi) is 5.60.